The molecular formula is C19H21N3O2S. The first-order valence-electron chi connectivity index (χ1n) is 8.21. The van der Waals surface area contributed by atoms with Crippen molar-refractivity contribution in [2.24, 2.45) is 0 Å². The number of benzene rings is 1. The second-order valence-corrected chi connectivity index (χ2v) is 6.74. The van der Waals surface area contributed by atoms with Gasteiger partial charge in [0.25, 0.3) is 0 Å². The number of amides is 1. The number of rotatable bonds is 8. The SMILES string of the molecule is COc1ccc(SCCC(=O)NCCc2cn3ccccc3n2)cc1. The van der Waals surface area contributed by atoms with Crippen molar-refractivity contribution in [3.8, 4) is 5.75 Å². The highest BCUT2D eigenvalue weighted by Crippen LogP contribution is 2.21. The highest BCUT2D eigenvalue weighted by atomic mass is 32.2. The number of hydrogen-bond donors (Lipinski definition) is 1. The maximum absolute atomic E-state index is 11.9. The molecule has 1 aromatic carbocycles. The third-order valence-corrected chi connectivity index (χ3v) is 4.79. The normalized spacial score (nSPS) is 10.8. The lowest BCUT2D eigenvalue weighted by Crippen LogP contribution is -2.25. The summed E-state index contributed by atoms with van der Waals surface area (Å²) in [5.74, 6) is 1.67. The minimum absolute atomic E-state index is 0.0739. The van der Waals surface area contributed by atoms with E-state index in [1.807, 2.05) is 59.3 Å². The molecule has 0 saturated heterocycles. The van der Waals surface area contributed by atoms with Gasteiger partial charge in [0.2, 0.25) is 5.91 Å². The molecule has 1 amide bonds. The van der Waals surface area contributed by atoms with E-state index in [9.17, 15) is 4.79 Å². The largest absolute Gasteiger partial charge is 0.497 e. The fourth-order valence-corrected chi connectivity index (χ4v) is 3.31. The lowest BCUT2D eigenvalue weighted by Gasteiger charge is -2.05. The molecular weight excluding hydrogens is 334 g/mol. The monoisotopic (exact) mass is 355 g/mol. The van der Waals surface area contributed by atoms with Gasteiger partial charge in [-0.3, -0.25) is 4.79 Å². The Kier molecular flexibility index (Phi) is 5.95. The molecule has 2 heterocycles. The highest BCUT2D eigenvalue weighted by Gasteiger charge is 2.04. The molecule has 130 valence electrons. The zero-order valence-corrected chi connectivity index (χ0v) is 15.0. The van der Waals surface area contributed by atoms with E-state index in [0.29, 0.717) is 13.0 Å². The Labute approximate surface area is 151 Å². The summed E-state index contributed by atoms with van der Waals surface area (Å²) in [6, 6.07) is 13.8. The number of pyridine rings is 1. The quantitative estimate of drug-likeness (QED) is 0.631. The molecule has 0 aliphatic rings. The lowest BCUT2D eigenvalue weighted by atomic mass is 10.3. The molecule has 0 fully saturated rings. The second-order valence-electron chi connectivity index (χ2n) is 5.57. The number of imidazole rings is 1. The topological polar surface area (TPSA) is 55.6 Å². The van der Waals surface area contributed by atoms with Crippen LogP contribution in [-0.2, 0) is 11.2 Å². The molecule has 5 nitrogen and oxygen atoms in total. The smallest absolute Gasteiger partial charge is 0.220 e. The van der Waals surface area contributed by atoms with E-state index in [1.54, 1.807) is 18.9 Å². The van der Waals surface area contributed by atoms with Gasteiger partial charge in [-0.1, -0.05) is 6.07 Å². The summed E-state index contributed by atoms with van der Waals surface area (Å²) >= 11 is 1.67. The first kappa shape index (κ1) is 17.4. The molecule has 0 saturated carbocycles. The molecule has 0 spiro atoms. The van der Waals surface area contributed by atoms with E-state index < -0.39 is 0 Å². The molecule has 0 bridgehead atoms. The molecule has 0 radical (unpaired) electrons. The molecule has 0 atom stereocenters. The molecule has 0 aliphatic carbocycles. The number of carbonyl (C=O) groups is 1. The molecule has 25 heavy (non-hydrogen) atoms. The number of thioether (sulfide) groups is 1. The van der Waals surface area contributed by atoms with Crippen molar-refractivity contribution in [2.45, 2.75) is 17.7 Å². The predicted octanol–water partition coefficient (Wildman–Crippen LogP) is 3.18. The Hall–Kier alpha value is -2.47. The van der Waals surface area contributed by atoms with E-state index >= 15 is 0 Å². The van der Waals surface area contributed by atoms with Crippen molar-refractivity contribution in [1.82, 2.24) is 14.7 Å². The Morgan fingerprint density at radius 2 is 2.08 bits per heavy atom. The van der Waals surface area contributed by atoms with Gasteiger partial charge in [-0.2, -0.15) is 0 Å². The standard InChI is InChI=1S/C19H21N3O2S/c1-24-16-5-7-17(8-6-16)25-13-10-19(23)20-11-9-15-14-22-12-3-2-4-18(22)21-15/h2-8,12,14H,9-11,13H2,1H3,(H,20,23). The van der Waals surface area contributed by atoms with Gasteiger partial charge in [-0.25, -0.2) is 4.98 Å². The summed E-state index contributed by atoms with van der Waals surface area (Å²) in [7, 11) is 1.65. The third kappa shape index (κ3) is 5.00. The molecule has 3 rings (SSSR count). The van der Waals surface area contributed by atoms with Gasteiger partial charge < -0.3 is 14.5 Å². The maximum Gasteiger partial charge on any atom is 0.220 e. The van der Waals surface area contributed by atoms with Crippen molar-refractivity contribution in [2.75, 3.05) is 19.4 Å². The van der Waals surface area contributed by atoms with E-state index in [-0.39, 0.29) is 5.91 Å². The molecule has 3 aromatic rings. The number of ether oxygens (including phenoxy) is 1. The molecule has 2 aromatic heterocycles. The van der Waals surface area contributed by atoms with Gasteiger partial charge >= 0.3 is 0 Å². The Morgan fingerprint density at radius 1 is 1.24 bits per heavy atom. The third-order valence-electron chi connectivity index (χ3n) is 3.77. The van der Waals surface area contributed by atoms with Crippen LogP contribution in [0.3, 0.4) is 0 Å². The Morgan fingerprint density at radius 3 is 2.84 bits per heavy atom. The van der Waals surface area contributed by atoms with E-state index in [4.69, 9.17) is 4.74 Å². The van der Waals surface area contributed by atoms with Gasteiger partial charge in [-0.05, 0) is 36.4 Å². The van der Waals surface area contributed by atoms with Crippen LogP contribution in [0.4, 0.5) is 0 Å². The summed E-state index contributed by atoms with van der Waals surface area (Å²) in [6.45, 7) is 0.607. The fraction of sp³-hybridized carbons (Fsp3) is 0.263. The number of nitrogens with one attached hydrogen (secondary N) is 1. The van der Waals surface area contributed by atoms with Crippen LogP contribution in [0.25, 0.3) is 5.65 Å². The minimum atomic E-state index is 0.0739. The first-order chi connectivity index (χ1) is 12.2. The van der Waals surface area contributed by atoms with E-state index in [2.05, 4.69) is 10.3 Å². The minimum Gasteiger partial charge on any atom is -0.497 e. The average Bonchev–Trinajstić information content (AvgIpc) is 3.05. The van der Waals surface area contributed by atoms with Crippen molar-refractivity contribution in [3.63, 3.8) is 0 Å². The zero-order chi connectivity index (χ0) is 17.5. The van der Waals surface area contributed by atoms with Crippen molar-refractivity contribution < 1.29 is 9.53 Å². The van der Waals surface area contributed by atoms with Crippen LogP contribution in [0.2, 0.25) is 0 Å². The number of methoxy groups -OCH3 is 1. The first-order valence-corrected chi connectivity index (χ1v) is 9.19. The summed E-state index contributed by atoms with van der Waals surface area (Å²) in [5, 5.41) is 2.96. The molecule has 0 aliphatic heterocycles. The summed E-state index contributed by atoms with van der Waals surface area (Å²) in [4.78, 5) is 17.6. The average molecular weight is 355 g/mol. The van der Waals surface area contributed by atoms with E-state index in [1.165, 1.54) is 0 Å². The van der Waals surface area contributed by atoms with Crippen LogP contribution < -0.4 is 10.1 Å². The summed E-state index contributed by atoms with van der Waals surface area (Å²) in [6.07, 6.45) is 5.21. The molecule has 1 N–H and O–H groups in total. The lowest BCUT2D eigenvalue weighted by molar-refractivity contribution is -0.120. The van der Waals surface area contributed by atoms with Crippen LogP contribution in [0.5, 0.6) is 5.75 Å². The van der Waals surface area contributed by atoms with E-state index in [0.717, 1.165) is 34.2 Å². The van der Waals surface area contributed by atoms with Gasteiger partial charge in [0.05, 0.1) is 12.8 Å². The number of carbonyl (C=O) groups excluding carboxylic acids is 1. The number of nitrogens with zero attached hydrogens (tertiary/aromatic N) is 2. The second kappa shape index (κ2) is 8.58. The Bertz CT molecular complexity index is 797. The molecule has 0 unspecified atom stereocenters. The van der Waals surface area contributed by atoms with Gasteiger partial charge in [0.15, 0.2) is 0 Å². The fourth-order valence-electron chi connectivity index (χ4n) is 2.46. The van der Waals surface area contributed by atoms with Crippen molar-refractivity contribution in [3.05, 3.63) is 60.6 Å². The number of aromatic nitrogens is 2. The van der Waals surface area contributed by atoms with Crippen LogP contribution >= 0.6 is 11.8 Å². The van der Waals surface area contributed by atoms with Gasteiger partial charge in [-0.15, -0.1) is 11.8 Å². The predicted molar refractivity (Wildman–Crippen MR) is 100 cm³/mol. The van der Waals surface area contributed by atoms with Gasteiger partial charge in [0.1, 0.15) is 11.4 Å². The molecule has 6 heteroatoms. The number of hydrogen-bond acceptors (Lipinski definition) is 4. The number of fused-ring (bicyclic) bond motifs is 1. The van der Waals surface area contributed by atoms with Crippen LogP contribution in [-0.4, -0.2) is 34.7 Å². The zero-order valence-electron chi connectivity index (χ0n) is 14.1. The van der Waals surface area contributed by atoms with Crippen LogP contribution in [0.1, 0.15) is 12.1 Å². The van der Waals surface area contributed by atoms with Gasteiger partial charge in [0, 0.05) is 42.4 Å². The summed E-state index contributed by atoms with van der Waals surface area (Å²) in [5.41, 5.74) is 1.92. The van der Waals surface area contributed by atoms with Crippen LogP contribution in [0, 0.1) is 0 Å². The highest BCUT2D eigenvalue weighted by molar-refractivity contribution is 7.99. The van der Waals surface area contributed by atoms with Crippen molar-refractivity contribution in [1.29, 1.82) is 0 Å². The maximum atomic E-state index is 11.9. The Balaban J connectivity index is 1.36. The van der Waals surface area contributed by atoms with Crippen LogP contribution in [0.15, 0.2) is 59.8 Å². The summed E-state index contributed by atoms with van der Waals surface area (Å²) < 4.78 is 7.12. The van der Waals surface area contributed by atoms with Crippen molar-refractivity contribution >= 4 is 23.3 Å².